The minimum atomic E-state index is 0.580. The first kappa shape index (κ1) is 12.8. The number of fused-ring (bicyclic) bond motifs is 3. The number of hydrogen-bond donors (Lipinski definition) is 0. The fourth-order valence-electron chi connectivity index (χ4n) is 3.89. The number of benzene rings is 2. The maximum Gasteiger partial charge on any atom is 0.0397 e. The van der Waals surface area contributed by atoms with E-state index >= 15 is 0 Å². The number of rotatable bonds is 2. The van der Waals surface area contributed by atoms with Crippen molar-refractivity contribution in [2.45, 2.75) is 32.4 Å². The second-order valence-corrected chi connectivity index (χ2v) is 6.28. The van der Waals surface area contributed by atoms with Gasteiger partial charge in [0.1, 0.15) is 0 Å². The molecule has 1 aliphatic heterocycles. The average molecular weight is 275 g/mol. The molecule has 0 N–H and O–H groups in total. The van der Waals surface area contributed by atoms with Crippen molar-refractivity contribution in [3.63, 3.8) is 0 Å². The molecule has 0 radical (unpaired) electrons. The third-order valence-corrected chi connectivity index (χ3v) is 4.96. The molecule has 0 bridgehead atoms. The molecule has 21 heavy (non-hydrogen) atoms. The predicted molar refractivity (Wildman–Crippen MR) is 88.0 cm³/mol. The summed E-state index contributed by atoms with van der Waals surface area (Å²) in [7, 11) is 0. The van der Waals surface area contributed by atoms with E-state index in [1.54, 1.807) is 11.1 Å². The van der Waals surface area contributed by atoms with Crippen LogP contribution in [0.5, 0.6) is 0 Å². The zero-order valence-corrected chi connectivity index (χ0v) is 12.5. The molecule has 1 heterocycles. The molecule has 2 aromatic rings. The van der Waals surface area contributed by atoms with Crippen LogP contribution in [-0.4, -0.2) is 17.5 Å². The van der Waals surface area contributed by atoms with E-state index < -0.39 is 0 Å². The van der Waals surface area contributed by atoms with Crippen molar-refractivity contribution < 1.29 is 0 Å². The molecule has 1 heteroatoms. The lowest BCUT2D eigenvalue weighted by Gasteiger charge is -2.35. The summed E-state index contributed by atoms with van der Waals surface area (Å²) in [6, 6.07) is 20.4. The third-order valence-electron chi connectivity index (χ3n) is 4.96. The lowest BCUT2D eigenvalue weighted by molar-refractivity contribution is 0.222. The summed E-state index contributed by atoms with van der Waals surface area (Å²) in [6.45, 7) is 4.57. The predicted octanol–water partition coefficient (Wildman–Crippen LogP) is 4.29. The van der Waals surface area contributed by atoms with Crippen LogP contribution in [0.25, 0.3) is 5.57 Å². The van der Waals surface area contributed by atoms with E-state index in [1.165, 1.54) is 36.1 Å². The number of hydrogen-bond acceptors (Lipinski definition) is 1. The summed E-state index contributed by atoms with van der Waals surface area (Å²) in [5.41, 5.74) is 7.64. The van der Waals surface area contributed by atoms with Crippen molar-refractivity contribution >= 4 is 5.57 Å². The highest BCUT2D eigenvalue weighted by atomic mass is 15.2. The molecule has 2 aliphatic rings. The smallest absolute Gasteiger partial charge is 0.0397 e. The first-order valence-electron chi connectivity index (χ1n) is 7.89. The van der Waals surface area contributed by atoms with Gasteiger partial charge in [-0.1, -0.05) is 60.2 Å². The van der Waals surface area contributed by atoms with Gasteiger partial charge in [-0.15, -0.1) is 0 Å². The highest BCUT2D eigenvalue weighted by Gasteiger charge is 2.35. The Morgan fingerprint density at radius 2 is 1.76 bits per heavy atom. The summed E-state index contributed by atoms with van der Waals surface area (Å²) in [4.78, 5) is 2.66. The van der Waals surface area contributed by atoms with Crippen molar-refractivity contribution in [1.29, 1.82) is 0 Å². The molecule has 1 aliphatic carbocycles. The fraction of sp³-hybridized carbons (Fsp3) is 0.300. The van der Waals surface area contributed by atoms with Gasteiger partial charge >= 0.3 is 0 Å². The van der Waals surface area contributed by atoms with Crippen LogP contribution in [0.15, 0.2) is 60.2 Å². The van der Waals surface area contributed by atoms with Crippen molar-refractivity contribution in [3.8, 4) is 0 Å². The van der Waals surface area contributed by atoms with Crippen LogP contribution in [0.3, 0.4) is 0 Å². The van der Waals surface area contributed by atoms with Gasteiger partial charge in [0, 0.05) is 19.1 Å². The lowest BCUT2D eigenvalue weighted by atomic mass is 9.93. The first-order chi connectivity index (χ1) is 10.3. The van der Waals surface area contributed by atoms with Crippen LogP contribution in [0.1, 0.15) is 30.0 Å². The summed E-state index contributed by atoms with van der Waals surface area (Å²) >= 11 is 0. The van der Waals surface area contributed by atoms with Gasteiger partial charge in [0.25, 0.3) is 0 Å². The monoisotopic (exact) mass is 275 g/mol. The SMILES string of the molecule is CC1=C2c3ccccc3CC2N(Cc2ccccc2)CC1. The van der Waals surface area contributed by atoms with Gasteiger partial charge in [-0.25, -0.2) is 0 Å². The molecule has 0 saturated heterocycles. The zero-order chi connectivity index (χ0) is 14.2. The van der Waals surface area contributed by atoms with Gasteiger partial charge < -0.3 is 0 Å². The summed E-state index contributed by atoms with van der Waals surface area (Å²) in [6.07, 6.45) is 2.38. The van der Waals surface area contributed by atoms with E-state index in [4.69, 9.17) is 0 Å². The topological polar surface area (TPSA) is 3.24 Å². The van der Waals surface area contributed by atoms with E-state index in [0.29, 0.717) is 6.04 Å². The van der Waals surface area contributed by atoms with Gasteiger partial charge in [0.15, 0.2) is 0 Å². The Hall–Kier alpha value is -1.86. The molecule has 0 saturated carbocycles. The zero-order valence-electron chi connectivity index (χ0n) is 12.5. The van der Waals surface area contributed by atoms with E-state index in [0.717, 1.165) is 6.54 Å². The van der Waals surface area contributed by atoms with E-state index in [9.17, 15) is 0 Å². The molecule has 4 rings (SSSR count). The first-order valence-corrected chi connectivity index (χ1v) is 7.89. The lowest BCUT2D eigenvalue weighted by Crippen LogP contribution is -2.38. The molecule has 0 amide bonds. The highest BCUT2D eigenvalue weighted by molar-refractivity contribution is 5.79. The van der Waals surface area contributed by atoms with Crippen molar-refractivity contribution in [2.24, 2.45) is 0 Å². The Morgan fingerprint density at radius 1 is 1.00 bits per heavy atom. The molecule has 0 fully saturated rings. The molecule has 0 aromatic heterocycles. The van der Waals surface area contributed by atoms with Gasteiger partial charge in [0.2, 0.25) is 0 Å². The highest BCUT2D eigenvalue weighted by Crippen LogP contribution is 2.41. The number of nitrogens with zero attached hydrogens (tertiary/aromatic N) is 1. The molecule has 106 valence electrons. The second-order valence-electron chi connectivity index (χ2n) is 6.28. The maximum atomic E-state index is 2.66. The largest absolute Gasteiger partial charge is 0.291 e. The normalized spacial score (nSPS) is 21.3. The van der Waals surface area contributed by atoms with Gasteiger partial charge in [-0.2, -0.15) is 0 Å². The van der Waals surface area contributed by atoms with Crippen molar-refractivity contribution in [1.82, 2.24) is 4.90 Å². The molecule has 2 aromatic carbocycles. The quantitative estimate of drug-likeness (QED) is 0.790. The summed E-state index contributed by atoms with van der Waals surface area (Å²) in [5, 5.41) is 0. The van der Waals surface area contributed by atoms with Crippen LogP contribution < -0.4 is 0 Å². The van der Waals surface area contributed by atoms with Crippen molar-refractivity contribution in [3.05, 3.63) is 76.9 Å². The van der Waals surface area contributed by atoms with Gasteiger partial charge in [-0.3, -0.25) is 4.90 Å². The van der Waals surface area contributed by atoms with Crippen LogP contribution in [-0.2, 0) is 13.0 Å². The summed E-state index contributed by atoms with van der Waals surface area (Å²) in [5.74, 6) is 0. The molecule has 1 unspecified atom stereocenters. The standard InChI is InChI=1S/C20H21N/c1-15-11-12-21(14-16-7-3-2-4-8-16)19-13-17-9-5-6-10-18(17)20(15)19/h2-10,19H,11-14H2,1H3. The molecule has 0 spiro atoms. The average Bonchev–Trinajstić information content (AvgIpc) is 2.92. The van der Waals surface area contributed by atoms with Crippen molar-refractivity contribution in [2.75, 3.05) is 6.54 Å². The third kappa shape index (κ3) is 2.22. The Balaban J connectivity index is 1.67. The Labute approximate surface area is 126 Å². The van der Waals surface area contributed by atoms with E-state index in [1.807, 2.05) is 0 Å². The van der Waals surface area contributed by atoms with Crippen LogP contribution in [0.4, 0.5) is 0 Å². The van der Waals surface area contributed by atoms with Crippen LogP contribution in [0.2, 0.25) is 0 Å². The fourth-order valence-corrected chi connectivity index (χ4v) is 3.89. The Kier molecular flexibility index (Phi) is 3.16. The second kappa shape index (κ2) is 5.16. The van der Waals surface area contributed by atoms with Gasteiger partial charge in [-0.05, 0) is 42.0 Å². The minimum Gasteiger partial charge on any atom is -0.291 e. The molecule has 1 nitrogen and oxygen atoms in total. The molecular formula is C20H21N. The molecule has 1 atom stereocenters. The summed E-state index contributed by atoms with van der Waals surface area (Å²) < 4.78 is 0. The van der Waals surface area contributed by atoms with Crippen LogP contribution in [0, 0.1) is 0 Å². The molecular weight excluding hydrogens is 254 g/mol. The van der Waals surface area contributed by atoms with Gasteiger partial charge in [0.05, 0.1) is 0 Å². The van der Waals surface area contributed by atoms with E-state index in [2.05, 4.69) is 66.4 Å². The van der Waals surface area contributed by atoms with Crippen LogP contribution >= 0.6 is 0 Å². The Bertz CT molecular complexity index is 684. The minimum absolute atomic E-state index is 0.580. The van der Waals surface area contributed by atoms with E-state index in [-0.39, 0.29) is 0 Å². The maximum absolute atomic E-state index is 2.66. The Morgan fingerprint density at radius 3 is 2.62 bits per heavy atom.